The normalized spacial score (nSPS) is 17.6. The summed E-state index contributed by atoms with van der Waals surface area (Å²) in [4.78, 5) is 0. The lowest BCUT2D eigenvalue weighted by atomic mass is 10.1. The average Bonchev–Trinajstić information content (AvgIpc) is 1.77. The molecule has 0 N–H and O–H groups in total. The van der Waals surface area contributed by atoms with Crippen molar-refractivity contribution in [1.82, 2.24) is 0 Å². The van der Waals surface area contributed by atoms with E-state index in [4.69, 9.17) is 6.58 Å². The zero-order chi connectivity index (χ0) is 5.98. The second-order valence-corrected chi connectivity index (χ2v) is 1.91. The summed E-state index contributed by atoms with van der Waals surface area (Å²) in [6.45, 7) is 7.47. The minimum Gasteiger partial charge on any atom is -0.0587 e. The second kappa shape index (κ2) is 1.91. The monoisotopic (exact) mass is 104 g/mol. The van der Waals surface area contributed by atoms with E-state index in [1.165, 1.54) is 5.57 Å². The van der Waals surface area contributed by atoms with Crippen molar-refractivity contribution in [3.05, 3.63) is 42.4 Å². The summed E-state index contributed by atoms with van der Waals surface area (Å²) in [7, 11) is 0. The molecule has 0 aromatic rings. The highest BCUT2D eigenvalue weighted by atomic mass is 14.0. The third-order valence-corrected chi connectivity index (χ3v) is 1.08. The van der Waals surface area contributed by atoms with Gasteiger partial charge in [-0.3, -0.25) is 0 Å². The molecule has 8 heavy (non-hydrogen) atoms. The van der Waals surface area contributed by atoms with Crippen LogP contribution in [-0.4, -0.2) is 0 Å². The fourth-order valence-electron chi connectivity index (χ4n) is 0.566. The van der Waals surface area contributed by atoms with Crippen LogP contribution in [0.5, 0.6) is 0 Å². The van der Waals surface area contributed by atoms with E-state index in [2.05, 4.69) is 0 Å². The number of allylic oxidation sites excluding steroid dienone is 5. The van der Waals surface area contributed by atoms with Crippen LogP contribution in [0.3, 0.4) is 0 Å². The van der Waals surface area contributed by atoms with Crippen LogP contribution in [0.4, 0.5) is 0 Å². The molecule has 0 fully saturated rings. The Kier molecular flexibility index (Phi) is 1.25. The van der Waals surface area contributed by atoms with E-state index >= 15 is 0 Å². The molecule has 0 unspecified atom stereocenters. The molecule has 0 aromatic heterocycles. The van der Waals surface area contributed by atoms with Crippen LogP contribution in [0.1, 0.15) is 6.92 Å². The van der Waals surface area contributed by atoms with E-state index in [9.17, 15) is 0 Å². The first kappa shape index (κ1) is 5.23. The van der Waals surface area contributed by atoms with Gasteiger partial charge in [0.25, 0.3) is 0 Å². The quantitative estimate of drug-likeness (QED) is 0.413. The van der Waals surface area contributed by atoms with Crippen molar-refractivity contribution >= 4 is 0 Å². The van der Waals surface area contributed by atoms with Crippen molar-refractivity contribution in [3.8, 4) is 0 Å². The van der Waals surface area contributed by atoms with Crippen molar-refractivity contribution in [3.63, 3.8) is 0 Å². The van der Waals surface area contributed by atoms with Gasteiger partial charge in [0.1, 0.15) is 0 Å². The maximum Gasteiger partial charge on any atom is -0.0256 e. The number of rotatable bonds is 0. The van der Waals surface area contributed by atoms with Crippen molar-refractivity contribution in [2.45, 2.75) is 6.92 Å². The average molecular weight is 104 g/mol. The fraction of sp³-hybridized carbons (Fsp3) is 0.125. The Hall–Kier alpha value is -0.910. The molecule has 0 heteroatoms. The van der Waals surface area contributed by atoms with Gasteiger partial charge in [0, 0.05) is 0 Å². The van der Waals surface area contributed by atoms with Gasteiger partial charge in [-0.25, -0.2) is 0 Å². The molecule has 0 aliphatic heterocycles. The van der Waals surface area contributed by atoms with Crippen LogP contribution in [-0.2, 0) is 0 Å². The van der Waals surface area contributed by atoms with Crippen LogP contribution in [0.25, 0.3) is 0 Å². The Morgan fingerprint density at radius 3 is 2.62 bits per heavy atom. The molecule has 1 aliphatic rings. The standard InChI is InChI=1S/C8H8/c1-7-3-5-8(2)6-4-7/h1,3-6H,2H3. The first-order chi connectivity index (χ1) is 3.79. The van der Waals surface area contributed by atoms with Crippen LogP contribution >= 0.6 is 0 Å². The van der Waals surface area contributed by atoms with E-state index < -0.39 is 0 Å². The summed E-state index contributed by atoms with van der Waals surface area (Å²) in [5, 5.41) is 0. The van der Waals surface area contributed by atoms with Gasteiger partial charge in [-0.05, 0) is 12.5 Å². The van der Waals surface area contributed by atoms with Crippen molar-refractivity contribution in [2.75, 3.05) is 0 Å². The third kappa shape index (κ3) is 1.03. The highest BCUT2D eigenvalue weighted by Gasteiger charge is 1.91. The summed E-state index contributed by atoms with van der Waals surface area (Å²) in [6.07, 6.45) is 7.79. The molecule has 0 amide bonds. The predicted molar refractivity (Wildman–Crippen MR) is 35.0 cm³/mol. The van der Waals surface area contributed by atoms with Crippen LogP contribution in [0, 0.1) is 13.0 Å². The largest absolute Gasteiger partial charge is 0.0587 e. The molecular weight excluding hydrogens is 96.1 g/mol. The molecule has 0 radical (unpaired) electrons. The summed E-state index contributed by atoms with van der Waals surface area (Å²) in [6, 6.07) is 0. The third-order valence-electron chi connectivity index (χ3n) is 1.08. The number of hydrogen-bond donors (Lipinski definition) is 0. The van der Waals surface area contributed by atoms with Gasteiger partial charge in [-0.2, -0.15) is 0 Å². The predicted octanol–water partition coefficient (Wildman–Crippen LogP) is 2.07. The summed E-state index contributed by atoms with van der Waals surface area (Å²) >= 11 is 0. The van der Waals surface area contributed by atoms with Crippen LogP contribution in [0.2, 0.25) is 0 Å². The SMILES string of the molecule is [CH-]=C1C=CC(C)=C[CH+]1. The summed E-state index contributed by atoms with van der Waals surface area (Å²) in [5.74, 6) is 0. The van der Waals surface area contributed by atoms with Crippen molar-refractivity contribution < 1.29 is 0 Å². The molecule has 0 nitrogen and oxygen atoms in total. The summed E-state index contributed by atoms with van der Waals surface area (Å²) in [5.41, 5.74) is 2.08. The van der Waals surface area contributed by atoms with Crippen LogP contribution < -0.4 is 0 Å². The maximum absolute atomic E-state index is 5.43. The van der Waals surface area contributed by atoms with Gasteiger partial charge in [-0.1, -0.05) is 36.8 Å². The van der Waals surface area contributed by atoms with Crippen molar-refractivity contribution in [2.24, 2.45) is 0 Å². The van der Waals surface area contributed by atoms with Gasteiger partial charge in [-0.15, -0.1) is 0 Å². The first-order valence-electron chi connectivity index (χ1n) is 2.61. The Morgan fingerprint density at radius 1 is 1.50 bits per heavy atom. The van der Waals surface area contributed by atoms with E-state index in [1.807, 2.05) is 31.6 Å². The lowest BCUT2D eigenvalue weighted by Gasteiger charge is -2.00. The maximum atomic E-state index is 5.43. The molecule has 1 rings (SSSR count). The van der Waals surface area contributed by atoms with Gasteiger partial charge < -0.3 is 0 Å². The molecule has 0 atom stereocenters. The molecular formula is C8H8. The molecule has 40 valence electrons. The second-order valence-electron chi connectivity index (χ2n) is 1.91. The summed E-state index contributed by atoms with van der Waals surface area (Å²) < 4.78 is 0. The molecule has 0 aromatic carbocycles. The first-order valence-corrected chi connectivity index (χ1v) is 2.61. The smallest absolute Gasteiger partial charge is 0.0256 e. The van der Waals surface area contributed by atoms with Gasteiger partial charge in [0.15, 0.2) is 0 Å². The van der Waals surface area contributed by atoms with E-state index in [0.717, 1.165) is 5.57 Å². The minimum absolute atomic E-state index is 0.829. The minimum atomic E-state index is 0.829. The van der Waals surface area contributed by atoms with Gasteiger partial charge in [0.05, 0.1) is 0 Å². The Bertz CT molecular complexity index is 156. The molecule has 0 bridgehead atoms. The topological polar surface area (TPSA) is 0 Å². The molecule has 0 spiro atoms. The molecule has 0 heterocycles. The Labute approximate surface area is 50.2 Å². The Balaban J connectivity index is 2.71. The molecule has 0 saturated carbocycles. The van der Waals surface area contributed by atoms with Gasteiger partial charge >= 0.3 is 0 Å². The molecule has 1 aliphatic carbocycles. The zero-order valence-corrected chi connectivity index (χ0v) is 4.89. The highest BCUT2D eigenvalue weighted by Crippen LogP contribution is 2.10. The Morgan fingerprint density at radius 2 is 2.25 bits per heavy atom. The fourth-order valence-corrected chi connectivity index (χ4v) is 0.566. The van der Waals surface area contributed by atoms with Gasteiger partial charge in [0.2, 0.25) is 0 Å². The van der Waals surface area contributed by atoms with Crippen molar-refractivity contribution in [1.29, 1.82) is 0 Å². The zero-order valence-electron chi connectivity index (χ0n) is 4.89. The van der Waals surface area contributed by atoms with E-state index in [-0.39, 0.29) is 0 Å². The van der Waals surface area contributed by atoms with E-state index in [0.29, 0.717) is 0 Å². The molecule has 0 saturated heterocycles. The number of hydrogen-bond acceptors (Lipinski definition) is 0. The lowest BCUT2D eigenvalue weighted by molar-refractivity contribution is 1.41. The van der Waals surface area contributed by atoms with E-state index in [1.54, 1.807) is 0 Å². The highest BCUT2D eigenvalue weighted by molar-refractivity contribution is 5.39. The van der Waals surface area contributed by atoms with Crippen LogP contribution in [0.15, 0.2) is 29.4 Å². The lowest BCUT2D eigenvalue weighted by Crippen LogP contribution is -1.82.